The number of nitrogens with zero attached hydrogens (tertiary/aromatic N) is 3. The van der Waals surface area contributed by atoms with E-state index < -0.39 is 0 Å². The molecule has 1 aromatic heterocycles. The number of nitrogens with one attached hydrogen (secondary N) is 1. The molecule has 1 amide bonds. The highest BCUT2D eigenvalue weighted by Crippen LogP contribution is 2.45. The lowest BCUT2D eigenvalue weighted by molar-refractivity contribution is -0.119. The van der Waals surface area contributed by atoms with Crippen LogP contribution in [-0.2, 0) is 11.2 Å². The molecule has 1 fully saturated rings. The number of carbonyl (C=O) groups is 1. The Morgan fingerprint density at radius 2 is 2.13 bits per heavy atom. The number of fused-ring (bicyclic) bond motifs is 3. The number of aromatic nitrogens is 2. The van der Waals surface area contributed by atoms with Crippen molar-refractivity contribution < 1.29 is 14.1 Å². The van der Waals surface area contributed by atoms with Gasteiger partial charge >= 0.3 is 0 Å². The Morgan fingerprint density at radius 3 is 2.93 bits per heavy atom. The van der Waals surface area contributed by atoms with Gasteiger partial charge in [0.25, 0.3) is 5.89 Å². The first-order valence-corrected chi connectivity index (χ1v) is 10.00. The van der Waals surface area contributed by atoms with E-state index in [0.29, 0.717) is 35.0 Å². The molecule has 1 aliphatic carbocycles. The van der Waals surface area contributed by atoms with Gasteiger partial charge in [0, 0.05) is 17.5 Å². The lowest BCUT2D eigenvalue weighted by Crippen LogP contribution is -2.18. The summed E-state index contributed by atoms with van der Waals surface area (Å²) in [5.74, 6) is 1.78. The second-order valence-electron chi connectivity index (χ2n) is 8.00. The first-order valence-electron chi connectivity index (χ1n) is 10.00. The van der Waals surface area contributed by atoms with Gasteiger partial charge in [-0.2, -0.15) is 10.2 Å². The van der Waals surface area contributed by atoms with Crippen molar-refractivity contribution in [2.24, 2.45) is 5.92 Å². The highest BCUT2D eigenvalue weighted by molar-refractivity contribution is 5.81. The minimum absolute atomic E-state index is 0.0239. The van der Waals surface area contributed by atoms with Crippen LogP contribution < -0.4 is 10.1 Å². The summed E-state index contributed by atoms with van der Waals surface area (Å²) in [5, 5.41) is 16.7. The van der Waals surface area contributed by atoms with E-state index in [1.54, 1.807) is 12.1 Å². The van der Waals surface area contributed by atoms with Gasteiger partial charge in [-0.25, -0.2) is 0 Å². The third kappa shape index (κ3) is 3.01. The van der Waals surface area contributed by atoms with E-state index in [9.17, 15) is 10.1 Å². The fourth-order valence-corrected chi connectivity index (χ4v) is 4.38. The minimum atomic E-state index is -0.0239. The summed E-state index contributed by atoms with van der Waals surface area (Å²) in [6.07, 6.45) is 1.34. The molecule has 1 saturated heterocycles. The van der Waals surface area contributed by atoms with Crippen molar-refractivity contribution in [3.05, 3.63) is 53.1 Å². The molecule has 1 N–H and O–H groups in total. The van der Waals surface area contributed by atoms with Gasteiger partial charge in [0.05, 0.1) is 17.7 Å². The van der Waals surface area contributed by atoms with E-state index in [4.69, 9.17) is 9.26 Å². The molecule has 1 unspecified atom stereocenters. The second kappa shape index (κ2) is 6.99. The summed E-state index contributed by atoms with van der Waals surface area (Å²) in [7, 11) is 0. The van der Waals surface area contributed by atoms with Gasteiger partial charge in [0.15, 0.2) is 0 Å². The lowest BCUT2D eigenvalue weighted by atomic mass is 10.0. The van der Waals surface area contributed by atoms with E-state index in [1.165, 1.54) is 0 Å². The van der Waals surface area contributed by atoms with E-state index in [2.05, 4.69) is 27.6 Å². The SMILES string of the molecule is CC(C)Oc1ccc(-c2noc(-c3cccc4c3CC3CC(=O)N[C@H]43)n2)cc1C#N. The molecule has 0 saturated carbocycles. The Hall–Kier alpha value is -3.66. The van der Waals surface area contributed by atoms with Gasteiger partial charge in [-0.05, 0) is 61.6 Å². The first kappa shape index (κ1) is 18.4. The monoisotopic (exact) mass is 400 g/mol. The van der Waals surface area contributed by atoms with Crippen LogP contribution in [0.25, 0.3) is 22.8 Å². The zero-order chi connectivity index (χ0) is 20.8. The van der Waals surface area contributed by atoms with Crippen molar-refractivity contribution >= 4 is 5.91 Å². The average molecular weight is 400 g/mol. The van der Waals surface area contributed by atoms with Crippen molar-refractivity contribution in [2.45, 2.75) is 38.8 Å². The minimum Gasteiger partial charge on any atom is -0.490 e. The molecule has 30 heavy (non-hydrogen) atoms. The summed E-state index contributed by atoms with van der Waals surface area (Å²) in [6, 6.07) is 13.5. The fraction of sp³-hybridized carbons (Fsp3) is 0.304. The second-order valence-corrected chi connectivity index (χ2v) is 8.00. The Bertz CT molecular complexity index is 1190. The van der Waals surface area contributed by atoms with Crippen molar-refractivity contribution in [2.75, 3.05) is 0 Å². The molecule has 7 heteroatoms. The first-order chi connectivity index (χ1) is 14.5. The Balaban J connectivity index is 1.48. The maximum Gasteiger partial charge on any atom is 0.258 e. The lowest BCUT2D eigenvalue weighted by Gasteiger charge is -2.11. The predicted octanol–water partition coefficient (Wildman–Crippen LogP) is 3.80. The molecule has 0 radical (unpaired) electrons. The molecule has 5 rings (SSSR count). The number of amides is 1. The van der Waals surface area contributed by atoms with Crippen molar-refractivity contribution in [3.63, 3.8) is 0 Å². The van der Waals surface area contributed by atoms with Crippen LogP contribution in [0.3, 0.4) is 0 Å². The Labute approximate surface area is 173 Å². The van der Waals surface area contributed by atoms with Crippen molar-refractivity contribution in [1.29, 1.82) is 5.26 Å². The van der Waals surface area contributed by atoms with Crippen LogP contribution in [0.15, 0.2) is 40.9 Å². The molecular weight excluding hydrogens is 380 g/mol. The normalized spacial score (nSPS) is 19.3. The number of hydrogen-bond acceptors (Lipinski definition) is 6. The van der Waals surface area contributed by atoms with E-state index in [1.807, 2.05) is 32.0 Å². The molecular formula is C23H20N4O3. The predicted molar refractivity (Wildman–Crippen MR) is 108 cm³/mol. The molecule has 0 spiro atoms. The maximum absolute atomic E-state index is 11.7. The number of ether oxygens (including phenoxy) is 1. The summed E-state index contributed by atoms with van der Waals surface area (Å²) in [6.45, 7) is 3.83. The smallest absolute Gasteiger partial charge is 0.258 e. The molecule has 2 aliphatic rings. The third-order valence-electron chi connectivity index (χ3n) is 5.63. The van der Waals surface area contributed by atoms with Gasteiger partial charge in [-0.15, -0.1) is 0 Å². The molecule has 1 aliphatic heterocycles. The van der Waals surface area contributed by atoms with Crippen LogP contribution in [0.5, 0.6) is 5.75 Å². The van der Waals surface area contributed by atoms with Crippen LogP contribution in [0.2, 0.25) is 0 Å². The molecule has 2 aromatic carbocycles. The number of benzene rings is 2. The number of carbonyl (C=O) groups excluding carboxylic acids is 1. The third-order valence-corrected chi connectivity index (χ3v) is 5.63. The van der Waals surface area contributed by atoms with E-state index in [-0.39, 0.29) is 24.0 Å². The Morgan fingerprint density at radius 1 is 1.27 bits per heavy atom. The van der Waals surface area contributed by atoms with Gasteiger partial charge in [-0.3, -0.25) is 4.79 Å². The number of nitriles is 1. The zero-order valence-electron chi connectivity index (χ0n) is 16.7. The molecule has 2 atom stereocenters. The average Bonchev–Trinajstić information content (AvgIpc) is 3.42. The maximum atomic E-state index is 11.7. The fourth-order valence-electron chi connectivity index (χ4n) is 4.38. The van der Waals surface area contributed by atoms with E-state index in [0.717, 1.165) is 23.1 Å². The van der Waals surface area contributed by atoms with Crippen LogP contribution in [0.4, 0.5) is 0 Å². The summed E-state index contributed by atoms with van der Waals surface area (Å²) in [4.78, 5) is 16.3. The molecule has 2 heterocycles. The van der Waals surface area contributed by atoms with Gasteiger partial charge < -0.3 is 14.6 Å². The summed E-state index contributed by atoms with van der Waals surface area (Å²) in [5.41, 5.74) is 4.30. The van der Waals surface area contributed by atoms with Crippen LogP contribution in [0, 0.1) is 17.2 Å². The zero-order valence-corrected chi connectivity index (χ0v) is 16.7. The molecule has 150 valence electrons. The standard InChI is InChI=1S/C23H20N4O3/c1-12(2)29-19-7-6-13(8-15(19)11-24)22-26-23(30-27-22)17-5-3-4-16-18(17)9-14-10-20(28)25-21(14)16/h3-8,12,14,21H,9-10H2,1-2H3,(H,25,28)/t14?,21-/m0/s1. The van der Waals surface area contributed by atoms with Gasteiger partial charge in [0.1, 0.15) is 11.8 Å². The summed E-state index contributed by atoms with van der Waals surface area (Å²) >= 11 is 0. The highest BCUT2D eigenvalue weighted by Gasteiger charge is 2.41. The number of rotatable bonds is 4. The van der Waals surface area contributed by atoms with Crippen molar-refractivity contribution in [1.82, 2.24) is 15.5 Å². The van der Waals surface area contributed by atoms with Gasteiger partial charge in [-0.1, -0.05) is 17.3 Å². The van der Waals surface area contributed by atoms with Gasteiger partial charge in [0.2, 0.25) is 11.7 Å². The Kier molecular flexibility index (Phi) is 4.28. The van der Waals surface area contributed by atoms with Crippen molar-refractivity contribution in [3.8, 4) is 34.7 Å². The largest absolute Gasteiger partial charge is 0.490 e. The van der Waals surface area contributed by atoms with Crippen LogP contribution in [0.1, 0.15) is 43.0 Å². The molecule has 0 bridgehead atoms. The quantitative estimate of drug-likeness (QED) is 0.715. The number of hydrogen-bond donors (Lipinski definition) is 1. The molecule has 7 nitrogen and oxygen atoms in total. The van der Waals surface area contributed by atoms with Crippen LogP contribution in [-0.4, -0.2) is 22.2 Å². The van der Waals surface area contributed by atoms with Crippen LogP contribution >= 0.6 is 0 Å². The topological polar surface area (TPSA) is 101 Å². The highest BCUT2D eigenvalue weighted by atomic mass is 16.5. The van der Waals surface area contributed by atoms with E-state index >= 15 is 0 Å². The summed E-state index contributed by atoms with van der Waals surface area (Å²) < 4.78 is 11.3. The molecule has 3 aromatic rings.